The van der Waals surface area contributed by atoms with Crippen LogP contribution in [-0.2, 0) is 0 Å². The zero-order valence-corrected chi connectivity index (χ0v) is 18.0. The number of nitrogens with zero attached hydrogens (tertiary/aromatic N) is 6. The highest BCUT2D eigenvalue weighted by molar-refractivity contribution is 6.28. The van der Waals surface area contributed by atoms with Gasteiger partial charge in [0.2, 0.25) is 11.2 Å². The first-order valence-corrected chi connectivity index (χ1v) is 10.7. The number of alkyl halides is 1. The summed E-state index contributed by atoms with van der Waals surface area (Å²) in [7, 11) is 0. The fourth-order valence-corrected chi connectivity index (χ4v) is 4.85. The maximum Gasteiger partial charge on any atom is 0.322 e. The molecular weight excluding hydrogens is 409 g/mol. The highest BCUT2D eigenvalue weighted by atomic mass is 35.5. The predicted molar refractivity (Wildman–Crippen MR) is 113 cm³/mol. The number of pyridine rings is 1. The number of hydrogen-bond donors (Lipinski definition) is 1. The molecule has 2 saturated heterocycles. The van der Waals surface area contributed by atoms with Crippen LogP contribution in [0.5, 0.6) is 6.01 Å². The summed E-state index contributed by atoms with van der Waals surface area (Å²) in [5.74, 6) is 0.862. The van der Waals surface area contributed by atoms with Crippen molar-refractivity contribution in [2.45, 2.75) is 50.9 Å². The number of aromatic nitrogens is 4. The second-order valence-corrected chi connectivity index (χ2v) is 8.33. The summed E-state index contributed by atoms with van der Waals surface area (Å²) in [6.45, 7) is 6.34. The quantitative estimate of drug-likeness (QED) is 0.709. The minimum absolute atomic E-state index is 0.0513. The Morgan fingerprint density at radius 3 is 3.03 bits per heavy atom. The molecule has 162 valence electrons. The van der Waals surface area contributed by atoms with Crippen molar-refractivity contribution in [2.24, 2.45) is 0 Å². The van der Waals surface area contributed by atoms with Gasteiger partial charge in [-0.3, -0.25) is 4.90 Å². The van der Waals surface area contributed by atoms with Crippen molar-refractivity contribution < 1.29 is 9.13 Å². The molecule has 2 aliphatic heterocycles. The Hall–Kier alpha value is -2.26. The molecule has 3 atom stereocenters. The third-order valence-electron chi connectivity index (χ3n) is 6.19. The summed E-state index contributed by atoms with van der Waals surface area (Å²) >= 11 is 6.18. The molecule has 0 saturated carbocycles. The molecule has 4 rings (SSSR count). The highest BCUT2D eigenvalue weighted by Gasteiger charge is 2.49. The maximum absolute atomic E-state index is 14.0. The number of nitrogens with two attached hydrogens (primary N) is 1. The van der Waals surface area contributed by atoms with E-state index in [1.165, 1.54) is 0 Å². The number of anilines is 2. The van der Waals surface area contributed by atoms with Crippen molar-refractivity contribution >= 4 is 23.4 Å². The van der Waals surface area contributed by atoms with Crippen LogP contribution in [-0.4, -0.2) is 62.8 Å². The minimum Gasteiger partial charge on any atom is -0.461 e. The standard InChI is InChI=1S/C20H27ClFN7O/c1-3-29(13(2)15-6-4-8-24-16(15)23)18-25-17(21)26-19(27-18)30-12-20-7-5-9-28(20)11-14(22)10-20/h4,6,8,13-14H,3,5,7,9-12H2,1-2H3,(H2,23,24)/t13-,14-,20+/m1/s1. The molecule has 2 N–H and O–H groups in total. The van der Waals surface area contributed by atoms with Gasteiger partial charge in [0.1, 0.15) is 18.6 Å². The predicted octanol–water partition coefficient (Wildman–Crippen LogP) is 3.04. The molecule has 30 heavy (non-hydrogen) atoms. The van der Waals surface area contributed by atoms with E-state index in [4.69, 9.17) is 22.1 Å². The van der Waals surface area contributed by atoms with Crippen molar-refractivity contribution in [3.05, 3.63) is 29.2 Å². The van der Waals surface area contributed by atoms with Crippen molar-refractivity contribution in [3.63, 3.8) is 0 Å². The summed E-state index contributed by atoms with van der Waals surface area (Å²) < 4.78 is 19.9. The van der Waals surface area contributed by atoms with Crippen LogP contribution in [0.15, 0.2) is 18.3 Å². The number of hydrogen-bond acceptors (Lipinski definition) is 8. The second kappa shape index (κ2) is 8.47. The Bertz CT molecular complexity index is 903. The molecule has 0 unspecified atom stereocenters. The van der Waals surface area contributed by atoms with E-state index in [1.807, 2.05) is 30.9 Å². The molecule has 8 nitrogen and oxygen atoms in total. The summed E-state index contributed by atoms with van der Waals surface area (Å²) in [4.78, 5) is 21.2. The molecule has 0 aliphatic carbocycles. The van der Waals surface area contributed by atoms with Gasteiger partial charge in [0.05, 0.1) is 11.6 Å². The van der Waals surface area contributed by atoms with Gasteiger partial charge >= 0.3 is 6.01 Å². The van der Waals surface area contributed by atoms with Gasteiger partial charge in [0.15, 0.2) is 0 Å². The molecule has 0 bridgehead atoms. The number of ether oxygens (including phenoxy) is 1. The normalized spacial score (nSPS) is 24.6. The number of fused-ring (bicyclic) bond motifs is 1. The minimum atomic E-state index is -0.812. The maximum atomic E-state index is 14.0. The Balaban J connectivity index is 1.54. The first-order valence-electron chi connectivity index (χ1n) is 10.3. The fraction of sp³-hybridized carbons (Fsp3) is 0.600. The highest BCUT2D eigenvalue weighted by Crippen LogP contribution is 2.40. The van der Waals surface area contributed by atoms with Gasteiger partial charge in [-0.05, 0) is 50.9 Å². The van der Waals surface area contributed by atoms with Gasteiger partial charge in [-0.15, -0.1) is 0 Å². The van der Waals surface area contributed by atoms with Crippen LogP contribution in [0, 0.1) is 0 Å². The lowest BCUT2D eigenvalue weighted by atomic mass is 9.95. The lowest BCUT2D eigenvalue weighted by molar-refractivity contribution is 0.107. The Labute approximate surface area is 180 Å². The third kappa shape index (κ3) is 4.00. The summed E-state index contributed by atoms with van der Waals surface area (Å²) in [6, 6.07) is 3.80. The van der Waals surface area contributed by atoms with E-state index < -0.39 is 6.17 Å². The Morgan fingerprint density at radius 1 is 1.43 bits per heavy atom. The third-order valence-corrected chi connectivity index (χ3v) is 6.36. The van der Waals surface area contributed by atoms with E-state index in [1.54, 1.807) is 6.20 Å². The van der Waals surface area contributed by atoms with Crippen molar-refractivity contribution in [2.75, 3.05) is 36.9 Å². The first-order chi connectivity index (χ1) is 14.4. The first kappa shape index (κ1) is 21.0. The van der Waals surface area contributed by atoms with Crippen LogP contribution in [0.4, 0.5) is 16.2 Å². The monoisotopic (exact) mass is 435 g/mol. The molecule has 10 heteroatoms. The molecule has 2 aliphatic rings. The fourth-order valence-electron chi connectivity index (χ4n) is 4.70. The van der Waals surface area contributed by atoms with E-state index in [9.17, 15) is 4.39 Å². The van der Waals surface area contributed by atoms with Crippen LogP contribution in [0.25, 0.3) is 0 Å². The van der Waals surface area contributed by atoms with Crippen LogP contribution in [0.1, 0.15) is 44.7 Å². The average Bonchev–Trinajstić information content (AvgIpc) is 3.22. The number of nitrogen functional groups attached to an aromatic ring is 1. The molecule has 0 aromatic carbocycles. The van der Waals surface area contributed by atoms with Gasteiger partial charge in [0, 0.05) is 31.3 Å². The zero-order chi connectivity index (χ0) is 21.3. The van der Waals surface area contributed by atoms with E-state index in [0.717, 1.165) is 24.9 Å². The van der Waals surface area contributed by atoms with Crippen molar-refractivity contribution in [1.29, 1.82) is 0 Å². The molecule has 0 spiro atoms. The molecular formula is C20H27ClFN7O. The molecule has 2 aromatic heterocycles. The molecule has 4 heterocycles. The second-order valence-electron chi connectivity index (χ2n) is 7.99. The number of halogens is 2. The van der Waals surface area contributed by atoms with Crippen LogP contribution in [0.2, 0.25) is 5.28 Å². The van der Waals surface area contributed by atoms with E-state index in [2.05, 4.69) is 24.8 Å². The molecule has 2 aromatic rings. The SMILES string of the molecule is CCN(c1nc(Cl)nc(OC[C@@]23CCCN2C[C@H](F)C3)n1)[C@H](C)c1cccnc1N. The van der Waals surface area contributed by atoms with Gasteiger partial charge < -0.3 is 15.4 Å². The number of rotatable bonds is 7. The average molecular weight is 436 g/mol. The van der Waals surface area contributed by atoms with Gasteiger partial charge in [-0.1, -0.05) is 6.07 Å². The van der Waals surface area contributed by atoms with Crippen LogP contribution >= 0.6 is 11.6 Å². The van der Waals surface area contributed by atoms with Crippen molar-refractivity contribution in [1.82, 2.24) is 24.8 Å². The Kier molecular flexibility index (Phi) is 5.92. The van der Waals surface area contributed by atoms with Gasteiger partial charge in [0.25, 0.3) is 0 Å². The Morgan fingerprint density at radius 2 is 2.27 bits per heavy atom. The smallest absolute Gasteiger partial charge is 0.322 e. The van der Waals surface area contributed by atoms with Gasteiger partial charge in [-0.25, -0.2) is 9.37 Å². The molecule has 0 radical (unpaired) electrons. The molecule has 0 amide bonds. The van der Waals surface area contributed by atoms with Crippen LogP contribution < -0.4 is 15.4 Å². The van der Waals surface area contributed by atoms with Gasteiger partial charge in [-0.2, -0.15) is 15.0 Å². The lowest BCUT2D eigenvalue weighted by Gasteiger charge is -2.31. The summed E-state index contributed by atoms with van der Waals surface area (Å²) in [6.07, 6.45) is 3.29. The summed E-state index contributed by atoms with van der Waals surface area (Å²) in [5.41, 5.74) is 6.65. The van der Waals surface area contributed by atoms with Crippen LogP contribution in [0.3, 0.4) is 0 Å². The van der Waals surface area contributed by atoms with Crippen molar-refractivity contribution in [3.8, 4) is 6.01 Å². The zero-order valence-electron chi connectivity index (χ0n) is 17.3. The van der Waals surface area contributed by atoms with E-state index in [-0.39, 0.29) is 22.9 Å². The summed E-state index contributed by atoms with van der Waals surface area (Å²) in [5, 5.41) is 0.0513. The molecule has 2 fully saturated rings. The largest absolute Gasteiger partial charge is 0.461 e. The van der Waals surface area contributed by atoms with E-state index >= 15 is 0 Å². The topological polar surface area (TPSA) is 93.3 Å². The van der Waals surface area contributed by atoms with E-state index in [0.29, 0.717) is 37.9 Å². The lowest BCUT2D eigenvalue weighted by Crippen LogP contribution is -2.43.